The molecule has 2 aromatic heterocycles. The van der Waals surface area contributed by atoms with Gasteiger partial charge in [0.25, 0.3) is 0 Å². The van der Waals surface area contributed by atoms with Crippen LogP contribution in [-0.4, -0.2) is 26.3 Å². The van der Waals surface area contributed by atoms with Gasteiger partial charge in [-0.15, -0.1) is 0 Å². The maximum atomic E-state index is 13.2. The molecule has 134 valence electrons. The number of nitrogens with zero attached hydrogens (tertiary/aromatic N) is 3. The highest BCUT2D eigenvalue weighted by Gasteiger charge is 2.11. The third-order valence-electron chi connectivity index (χ3n) is 3.87. The summed E-state index contributed by atoms with van der Waals surface area (Å²) in [5.41, 5.74) is 3.12. The van der Waals surface area contributed by atoms with Crippen molar-refractivity contribution in [1.82, 2.24) is 14.6 Å². The molecule has 0 saturated heterocycles. The number of carbonyl (C=O) groups excluding carboxylic acids is 1. The topological polar surface area (TPSA) is 59.3 Å². The number of nitrogens with one attached hydrogen (secondary N) is 1. The van der Waals surface area contributed by atoms with Crippen LogP contribution in [0.3, 0.4) is 0 Å². The van der Waals surface area contributed by atoms with Gasteiger partial charge in [0.15, 0.2) is 0 Å². The van der Waals surface area contributed by atoms with E-state index in [2.05, 4.69) is 15.4 Å². The Kier molecular flexibility index (Phi) is 4.84. The second kappa shape index (κ2) is 7.59. The smallest absolute Gasteiger partial charge is 0.234 e. The van der Waals surface area contributed by atoms with Crippen LogP contribution in [0.4, 0.5) is 10.1 Å². The molecule has 0 radical (unpaired) electrons. The molecule has 7 heteroatoms. The number of hydrogen-bond acceptors (Lipinski definition) is 4. The van der Waals surface area contributed by atoms with Gasteiger partial charge in [-0.3, -0.25) is 4.79 Å². The molecule has 4 aromatic rings. The van der Waals surface area contributed by atoms with Crippen molar-refractivity contribution in [3.8, 4) is 11.3 Å². The molecule has 27 heavy (non-hydrogen) atoms. The summed E-state index contributed by atoms with van der Waals surface area (Å²) >= 11 is 1.31. The number of halogens is 1. The van der Waals surface area contributed by atoms with E-state index in [1.165, 1.54) is 23.9 Å². The molecule has 5 nitrogen and oxygen atoms in total. The molecular formula is C20H15FN4OS. The second-order valence-corrected chi connectivity index (χ2v) is 6.77. The summed E-state index contributed by atoms with van der Waals surface area (Å²) in [6, 6.07) is 17.6. The van der Waals surface area contributed by atoms with Crippen LogP contribution in [0.1, 0.15) is 0 Å². The van der Waals surface area contributed by atoms with E-state index in [1.807, 2.05) is 36.4 Å². The van der Waals surface area contributed by atoms with Crippen molar-refractivity contribution in [2.75, 3.05) is 11.1 Å². The van der Waals surface area contributed by atoms with Crippen LogP contribution in [0.25, 0.3) is 16.8 Å². The normalized spacial score (nSPS) is 10.9. The molecule has 0 atom stereocenters. The summed E-state index contributed by atoms with van der Waals surface area (Å²) in [7, 11) is 0. The number of fused-ring (bicyclic) bond motifs is 1. The number of rotatable bonds is 5. The molecule has 0 aliphatic carbocycles. The van der Waals surface area contributed by atoms with E-state index in [0.29, 0.717) is 10.7 Å². The number of carbonyl (C=O) groups is 1. The van der Waals surface area contributed by atoms with Crippen molar-refractivity contribution in [1.29, 1.82) is 0 Å². The molecule has 0 aliphatic rings. The fourth-order valence-electron chi connectivity index (χ4n) is 2.66. The number of hydrogen-bond donors (Lipinski definition) is 1. The summed E-state index contributed by atoms with van der Waals surface area (Å²) in [5, 5.41) is 7.96. The molecule has 0 saturated carbocycles. The van der Waals surface area contributed by atoms with Crippen LogP contribution >= 0.6 is 11.8 Å². The van der Waals surface area contributed by atoms with E-state index in [0.717, 1.165) is 16.8 Å². The van der Waals surface area contributed by atoms with Gasteiger partial charge in [-0.05, 0) is 24.3 Å². The van der Waals surface area contributed by atoms with Crippen LogP contribution < -0.4 is 5.32 Å². The summed E-state index contributed by atoms with van der Waals surface area (Å²) in [6.45, 7) is 0. The van der Waals surface area contributed by atoms with Crippen LogP contribution in [0.2, 0.25) is 0 Å². The minimum absolute atomic E-state index is 0.162. The first-order valence-electron chi connectivity index (χ1n) is 8.27. The second-order valence-electron chi connectivity index (χ2n) is 5.81. The van der Waals surface area contributed by atoms with Crippen molar-refractivity contribution in [3.63, 3.8) is 0 Å². The zero-order valence-corrected chi connectivity index (χ0v) is 15.0. The Morgan fingerprint density at radius 3 is 2.78 bits per heavy atom. The maximum absolute atomic E-state index is 13.2. The zero-order valence-electron chi connectivity index (χ0n) is 14.2. The molecule has 0 fully saturated rings. The molecule has 4 rings (SSSR count). The van der Waals surface area contributed by atoms with E-state index in [-0.39, 0.29) is 17.5 Å². The van der Waals surface area contributed by atoms with E-state index < -0.39 is 0 Å². The Morgan fingerprint density at radius 2 is 1.96 bits per heavy atom. The predicted molar refractivity (Wildman–Crippen MR) is 104 cm³/mol. The molecule has 2 aromatic carbocycles. The van der Waals surface area contributed by atoms with Crippen molar-refractivity contribution >= 4 is 28.9 Å². The predicted octanol–water partition coefficient (Wildman–Crippen LogP) is 4.27. The van der Waals surface area contributed by atoms with Crippen LogP contribution in [0.15, 0.2) is 78.1 Å². The SMILES string of the molecule is O=C(CSc1nccn2nc(-c3ccccc3)cc12)Nc1cccc(F)c1. The molecule has 0 unspecified atom stereocenters. The number of benzene rings is 2. The van der Waals surface area contributed by atoms with Gasteiger partial charge in [-0.1, -0.05) is 48.2 Å². The van der Waals surface area contributed by atoms with Crippen LogP contribution in [0, 0.1) is 5.82 Å². The Balaban J connectivity index is 1.50. The van der Waals surface area contributed by atoms with E-state index in [1.54, 1.807) is 29.0 Å². The first kappa shape index (κ1) is 17.2. The average Bonchev–Trinajstić information content (AvgIpc) is 3.12. The molecule has 0 aliphatic heterocycles. The monoisotopic (exact) mass is 378 g/mol. The number of thioether (sulfide) groups is 1. The Hall–Kier alpha value is -3.19. The minimum atomic E-state index is -0.389. The average molecular weight is 378 g/mol. The molecular weight excluding hydrogens is 363 g/mol. The third kappa shape index (κ3) is 3.98. The van der Waals surface area contributed by atoms with Gasteiger partial charge < -0.3 is 5.32 Å². The van der Waals surface area contributed by atoms with E-state index in [9.17, 15) is 9.18 Å². The van der Waals surface area contributed by atoms with E-state index >= 15 is 0 Å². The zero-order chi connectivity index (χ0) is 18.6. The van der Waals surface area contributed by atoms with Crippen LogP contribution in [-0.2, 0) is 4.79 Å². The van der Waals surface area contributed by atoms with Crippen molar-refractivity contribution in [3.05, 3.63) is 78.9 Å². The summed E-state index contributed by atoms with van der Waals surface area (Å²) < 4.78 is 15.0. The molecule has 0 spiro atoms. The van der Waals surface area contributed by atoms with Gasteiger partial charge in [0.2, 0.25) is 5.91 Å². The molecule has 2 heterocycles. The van der Waals surface area contributed by atoms with Gasteiger partial charge in [0.1, 0.15) is 10.8 Å². The maximum Gasteiger partial charge on any atom is 0.234 e. The number of amides is 1. The van der Waals surface area contributed by atoms with Gasteiger partial charge in [-0.25, -0.2) is 13.9 Å². The summed E-state index contributed by atoms with van der Waals surface area (Å²) in [5.74, 6) is -0.452. The largest absolute Gasteiger partial charge is 0.325 e. The minimum Gasteiger partial charge on any atom is -0.325 e. The van der Waals surface area contributed by atoms with Crippen molar-refractivity contribution in [2.45, 2.75) is 5.03 Å². The lowest BCUT2D eigenvalue weighted by atomic mass is 10.1. The number of aromatic nitrogens is 3. The Morgan fingerprint density at radius 1 is 1.11 bits per heavy atom. The lowest BCUT2D eigenvalue weighted by Crippen LogP contribution is -2.14. The standard InChI is InChI=1S/C20H15FN4OS/c21-15-7-4-8-16(11-15)23-19(26)13-27-20-18-12-17(14-5-2-1-3-6-14)24-25(18)10-9-22-20/h1-12H,13H2,(H,23,26). The highest BCUT2D eigenvalue weighted by atomic mass is 32.2. The van der Waals surface area contributed by atoms with Gasteiger partial charge in [0.05, 0.1) is 17.0 Å². The van der Waals surface area contributed by atoms with Crippen molar-refractivity contribution < 1.29 is 9.18 Å². The molecule has 1 N–H and O–H groups in total. The van der Waals surface area contributed by atoms with Crippen LogP contribution in [0.5, 0.6) is 0 Å². The van der Waals surface area contributed by atoms with E-state index in [4.69, 9.17) is 0 Å². The molecule has 1 amide bonds. The Labute approximate surface area is 159 Å². The quantitative estimate of drug-likeness (QED) is 0.527. The van der Waals surface area contributed by atoms with Crippen molar-refractivity contribution in [2.24, 2.45) is 0 Å². The Bertz CT molecular complexity index is 1100. The van der Waals surface area contributed by atoms with Gasteiger partial charge >= 0.3 is 0 Å². The lowest BCUT2D eigenvalue weighted by molar-refractivity contribution is -0.113. The third-order valence-corrected chi connectivity index (χ3v) is 4.87. The van der Waals surface area contributed by atoms with Gasteiger partial charge in [0, 0.05) is 23.6 Å². The van der Waals surface area contributed by atoms with Gasteiger partial charge in [-0.2, -0.15) is 5.10 Å². The highest BCUT2D eigenvalue weighted by Crippen LogP contribution is 2.26. The summed E-state index contributed by atoms with van der Waals surface area (Å²) in [6.07, 6.45) is 3.43. The lowest BCUT2D eigenvalue weighted by Gasteiger charge is -2.05. The first-order valence-corrected chi connectivity index (χ1v) is 9.26. The molecule has 0 bridgehead atoms. The first-order chi connectivity index (χ1) is 13.2. The fraction of sp³-hybridized carbons (Fsp3) is 0.0500. The highest BCUT2D eigenvalue weighted by molar-refractivity contribution is 8.00. The number of anilines is 1. The fourth-order valence-corrected chi connectivity index (χ4v) is 3.43. The summed E-state index contributed by atoms with van der Waals surface area (Å²) in [4.78, 5) is 16.5.